The smallest absolute Gasteiger partial charge is 0.144 e. The van der Waals surface area contributed by atoms with E-state index in [0.29, 0.717) is 0 Å². The summed E-state index contributed by atoms with van der Waals surface area (Å²) in [5, 5.41) is 11.2. The lowest BCUT2D eigenvalue weighted by Gasteiger charge is -2.18. The van der Waals surface area contributed by atoms with E-state index in [2.05, 4.69) is 109 Å². The van der Waals surface area contributed by atoms with E-state index in [0.717, 1.165) is 93.3 Å². The molecule has 11 aromatic rings. The third-order valence-electron chi connectivity index (χ3n) is 9.86. The Bertz CT molecular complexity index is 3010. The van der Waals surface area contributed by atoms with Crippen molar-refractivity contribution in [3.63, 3.8) is 0 Å². The summed E-state index contributed by atoms with van der Waals surface area (Å²) >= 11 is 0. The van der Waals surface area contributed by atoms with Crippen molar-refractivity contribution < 1.29 is 13.3 Å². The normalized spacial score (nSPS) is 12.3. The maximum absolute atomic E-state index is 6.81. The van der Waals surface area contributed by atoms with Crippen LogP contribution < -0.4 is 0 Å². The highest BCUT2D eigenvalue weighted by molar-refractivity contribution is 6.31. The number of furan rings is 3. The van der Waals surface area contributed by atoms with E-state index >= 15 is 0 Å². The molecule has 0 saturated carbocycles. The molecule has 3 aromatic heterocycles. The molecule has 11 rings (SSSR count). The molecule has 0 aliphatic heterocycles. The van der Waals surface area contributed by atoms with E-state index in [9.17, 15) is 0 Å². The summed E-state index contributed by atoms with van der Waals surface area (Å²) in [5.74, 6) is 0. The molecule has 0 aliphatic rings. The van der Waals surface area contributed by atoms with Crippen LogP contribution in [0, 0.1) is 0 Å². The second-order valence-corrected chi connectivity index (χ2v) is 12.3. The zero-order valence-corrected chi connectivity index (χ0v) is 25.1. The van der Waals surface area contributed by atoms with Crippen molar-refractivity contribution in [3.05, 3.63) is 146 Å². The lowest BCUT2D eigenvalue weighted by atomic mass is 9.84. The second kappa shape index (κ2) is 9.12. The van der Waals surface area contributed by atoms with Crippen LogP contribution in [0.5, 0.6) is 0 Å². The summed E-state index contributed by atoms with van der Waals surface area (Å²) in [6.07, 6.45) is 0. The minimum atomic E-state index is 0.856. The molecule has 8 aromatic carbocycles. The average Bonchev–Trinajstić information content (AvgIpc) is 3.81. The fourth-order valence-electron chi connectivity index (χ4n) is 7.89. The Kier molecular flexibility index (Phi) is 4.84. The van der Waals surface area contributed by atoms with Gasteiger partial charge in [0.1, 0.15) is 33.5 Å². The van der Waals surface area contributed by atoms with Crippen molar-refractivity contribution in [1.29, 1.82) is 0 Å². The van der Waals surface area contributed by atoms with E-state index < -0.39 is 0 Å². The summed E-state index contributed by atoms with van der Waals surface area (Å²) in [6.45, 7) is 0. The lowest BCUT2D eigenvalue weighted by Crippen LogP contribution is -1.92. The Morgan fingerprint density at radius 2 is 0.745 bits per heavy atom. The van der Waals surface area contributed by atoms with Gasteiger partial charge in [-0.15, -0.1) is 0 Å². The molecule has 0 fully saturated rings. The first-order valence-corrected chi connectivity index (χ1v) is 15.9. The fraction of sp³-hybridized carbons (Fsp3) is 0. The Morgan fingerprint density at radius 3 is 1.40 bits per heavy atom. The summed E-state index contributed by atoms with van der Waals surface area (Å²) in [4.78, 5) is 0. The molecule has 218 valence electrons. The first-order chi connectivity index (χ1) is 23.3. The first-order valence-electron chi connectivity index (χ1n) is 15.9. The fourth-order valence-corrected chi connectivity index (χ4v) is 7.89. The predicted octanol–water partition coefficient (Wildman–Crippen LogP) is 13.0. The summed E-state index contributed by atoms with van der Waals surface area (Å²) < 4.78 is 19.6. The summed E-state index contributed by atoms with van der Waals surface area (Å²) in [7, 11) is 0. The van der Waals surface area contributed by atoms with Gasteiger partial charge in [-0.05, 0) is 69.1 Å². The number of para-hydroxylation sites is 3. The van der Waals surface area contributed by atoms with Gasteiger partial charge in [0, 0.05) is 43.4 Å². The van der Waals surface area contributed by atoms with Gasteiger partial charge in [-0.2, -0.15) is 0 Å². The SMILES string of the molecule is c1ccc2c(c1)oc1ccc(-c3c4ccccc4c(-c4c5oc6ccccc6c5cc5oc6ccccc6c45)c4ccccc34)cc12. The molecule has 0 radical (unpaired) electrons. The van der Waals surface area contributed by atoms with Crippen LogP contribution in [0.1, 0.15) is 0 Å². The molecular formula is C44H24O3. The molecule has 3 nitrogen and oxygen atoms in total. The predicted molar refractivity (Wildman–Crippen MR) is 194 cm³/mol. The Balaban J connectivity index is 1.34. The van der Waals surface area contributed by atoms with Crippen LogP contribution in [0.25, 0.3) is 110 Å². The molecule has 0 unspecified atom stereocenters. The number of rotatable bonds is 2. The van der Waals surface area contributed by atoms with Crippen LogP contribution in [0.4, 0.5) is 0 Å². The van der Waals surface area contributed by atoms with Gasteiger partial charge in [0.25, 0.3) is 0 Å². The molecule has 3 heteroatoms. The number of benzene rings is 8. The molecule has 0 atom stereocenters. The third-order valence-corrected chi connectivity index (χ3v) is 9.86. The molecular weight excluding hydrogens is 576 g/mol. The van der Waals surface area contributed by atoms with Crippen LogP contribution in [-0.4, -0.2) is 0 Å². The lowest BCUT2D eigenvalue weighted by molar-refractivity contribution is 0.664. The maximum Gasteiger partial charge on any atom is 0.144 e. The van der Waals surface area contributed by atoms with Gasteiger partial charge < -0.3 is 13.3 Å². The van der Waals surface area contributed by atoms with Crippen molar-refractivity contribution in [2.24, 2.45) is 0 Å². The van der Waals surface area contributed by atoms with E-state index in [4.69, 9.17) is 13.3 Å². The first kappa shape index (κ1) is 24.9. The molecule has 0 spiro atoms. The monoisotopic (exact) mass is 600 g/mol. The Morgan fingerprint density at radius 1 is 0.277 bits per heavy atom. The highest BCUT2D eigenvalue weighted by Gasteiger charge is 2.25. The maximum atomic E-state index is 6.81. The van der Waals surface area contributed by atoms with Crippen molar-refractivity contribution in [2.75, 3.05) is 0 Å². The van der Waals surface area contributed by atoms with Gasteiger partial charge in [-0.3, -0.25) is 0 Å². The van der Waals surface area contributed by atoms with Crippen LogP contribution in [0.2, 0.25) is 0 Å². The zero-order chi connectivity index (χ0) is 30.6. The Hall–Kier alpha value is -6.32. The van der Waals surface area contributed by atoms with Crippen molar-refractivity contribution in [3.8, 4) is 22.3 Å². The van der Waals surface area contributed by atoms with E-state index in [-0.39, 0.29) is 0 Å². The summed E-state index contributed by atoms with van der Waals surface area (Å²) in [5.41, 5.74) is 9.84. The quantitative estimate of drug-likeness (QED) is 0.185. The standard InChI is InChI=1S/C44H24O3/c1-3-15-30-28(13-1)40(25-21-22-38-33(23-25)26-11-5-8-18-35(26)45-38)29-14-2-4-16-31(29)41(30)43-42-32-17-7-10-20-37(32)46-39(42)24-34-27-12-6-9-19-36(27)47-44(34)43/h1-24H. The van der Waals surface area contributed by atoms with Crippen LogP contribution in [0.15, 0.2) is 159 Å². The Labute approximate surface area is 267 Å². The van der Waals surface area contributed by atoms with E-state index in [1.807, 2.05) is 36.4 Å². The van der Waals surface area contributed by atoms with E-state index in [1.54, 1.807) is 0 Å². The minimum absolute atomic E-state index is 0.856. The molecule has 0 bridgehead atoms. The topological polar surface area (TPSA) is 39.4 Å². The van der Waals surface area contributed by atoms with Crippen LogP contribution in [0.3, 0.4) is 0 Å². The number of hydrogen-bond donors (Lipinski definition) is 0. The molecule has 47 heavy (non-hydrogen) atoms. The molecule has 0 saturated heterocycles. The highest BCUT2D eigenvalue weighted by atomic mass is 16.3. The van der Waals surface area contributed by atoms with Crippen molar-refractivity contribution in [2.45, 2.75) is 0 Å². The number of fused-ring (bicyclic) bond motifs is 11. The largest absolute Gasteiger partial charge is 0.456 e. The van der Waals surface area contributed by atoms with Crippen molar-refractivity contribution >= 4 is 87.4 Å². The summed E-state index contributed by atoms with van der Waals surface area (Å²) in [6, 6.07) is 51.2. The van der Waals surface area contributed by atoms with Crippen LogP contribution in [-0.2, 0) is 0 Å². The molecule has 0 N–H and O–H groups in total. The van der Waals surface area contributed by atoms with Gasteiger partial charge in [0.15, 0.2) is 0 Å². The highest BCUT2D eigenvalue weighted by Crippen LogP contribution is 2.51. The van der Waals surface area contributed by atoms with Gasteiger partial charge in [0.2, 0.25) is 0 Å². The van der Waals surface area contributed by atoms with Crippen LogP contribution >= 0.6 is 0 Å². The van der Waals surface area contributed by atoms with Gasteiger partial charge in [0.05, 0.1) is 0 Å². The van der Waals surface area contributed by atoms with Gasteiger partial charge in [-0.25, -0.2) is 0 Å². The average molecular weight is 601 g/mol. The second-order valence-electron chi connectivity index (χ2n) is 12.3. The van der Waals surface area contributed by atoms with E-state index in [1.165, 1.54) is 16.3 Å². The zero-order valence-electron chi connectivity index (χ0n) is 25.1. The molecule has 0 aliphatic carbocycles. The minimum Gasteiger partial charge on any atom is -0.456 e. The molecule has 3 heterocycles. The third kappa shape index (κ3) is 3.35. The molecule has 0 amide bonds. The van der Waals surface area contributed by atoms with Crippen molar-refractivity contribution in [1.82, 2.24) is 0 Å². The van der Waals surface area contributed by atoms with Gasteiger partial charge >= 0.3 is 0 Å². The number of hydrogen-bond acceptors (Lipinski definition) is 3. The van der Waals surface area contributed by atoms with Gasteiger partial charge in [-0.1, -0.05) is 109 Å².